The Bertz CT molecular complexity index is 364. The third-order valence-corrected chi connectivity index (χ3v) is 3.13. The van der Waals surface area contributed by atoms with Gasteiger partial charge in [0.15, 0.2) is 6.10 Å². The van der Waals surface area contributed by atoms with Gasteiger partial charge in [-0.15, -0.1) is 0 Å². The van der Waals surface area contributed by atoms with Gasteiger partial charge in [0.2, 0.25) is 5.84 Å². The van der Waals surface area contributed by atoms with Crippen LogP contribution < -0.4 is 5.32 Å². The van der Waals surface area contributed by atoms with Crippen molar-refractivity contribution in [1.29, 1.82) is 0 Å². The van der Waals surface area contributed by atoms with E-state index in [1.165, 1.54) is 18.7 Å². The van der Waals surface area contributed by atoms with Crippen LogP contribution in [0.5, 0.6) is 0 Å². The molecule has 2 heterocycles. The van der Waals surface area contributed by atoms with Gasteiger partial charge in [-0.2, -0.15) is 0 Å². The predicted octanol–water partition coefficient (Wildman–Crippen LogP) is -0.429. The molecule has 0 fully saturated rings. The van der Waals surface area contributed by atoms with Crippen LogP contribution in [0, 0.1) is 0 Å². The fraction of sp³-hybridized carbons (Fsp3) is 0.727. The molecule has 17 heavy (non-hydrogen) atoms. The summed E-state index contributed by atoms with van der Waals surface area (Å²) in [5.41, 5.74) is 0. The highest BCUT2D eigenvalue weighted by Gasteiger charge is 2.30. The third-order valence-electron chi connectivity index (χ3n) is 3.13. The van der Waals surface area contributed by atoms with E-state index >= 15 is 0 Å². The standard InChI is InChI=1S/C11H16N2O4/c14-10(15)11(16)17-8-6-12-9-4-2-1-3-5-13(9)7-8/h8H,1-7H2,(H,14,15)/p+1. The Morgan fingerprint density at radius 1 is 1.35 bits per heavy atom. The molecule has 2 rings (SSSR count). The van der Waals surface area contributed by atoms with E-state index in [1.807, 2.05) is 0 Å². The van der Waals surface area contributed by atoms with Gasteiger partial charge in [-0.1, -0.05) is 0 Å². The second-order valence-electron chi connectivity index (χ2n) is 4.42. The van der Waals surface area contributed by atoms with Gasteiger partial charge in [-0.05, 0) is 19.3 Å². The summed E-state index contributed by atoms with van der Waals surface area (Å²) in [5, 5.41) is 11.7. The molecular formula is C11H17N2O4+. The minimum atomic E-state index is -1.53. The topological polar surface area (TPSA) is 78.6 Å². The number of esters is 1. The molecule has 0 spiro atoms. The van der Waals surface area contributed by atoms with Crippen LogP contribution in [0.1, 0.15) is 25.7 Å². The number of carboxylic acid groups (broad SMARTS) is 1. The number of hydrogen-bond acceptors (Lipinski definition) is 4. The molecule has 94 valence electrons. The summed E-state index contributed by atoms with van der Waals surface area (Å²) in [6.07, 6.45) is 4.17. The van der Waals surface area contributed by atoms with Crippen LogP contribution in [-0.2, 0) is 14.3 Å². The first-order valence-electron chi connectivity index (χ1n) is 5.95. The Morgan fingerprint density at radius 2 is 2.18 bits per heavy atom. The van der Waals surface area contributed by atoms with Crippen molar-refractivity contribution in [3.05, 3.63) is 0 Å². The van der Waals surface area contributed by atoms with Crippen LogP contribution >= 0.6 is 0 Å². The van der Waals surface area contributed by atoms with Crippen LogP contribution in [0.25, 0.3) is 0 Å². The minimum absolute atomic E-state index is 0.375. The van der Waals surface area contributed by atoms with E-state index in [0.717, 1.165) is 19.4 Å². The molecule has 1 atom stereocenters. The van der Waals surface area contributed by atoms with Gasteiger partial charge in [0.25, 0.3) is 0 Å². The lowest BCUT2D eigenvalue weighted by atomic mass is 10.2. The highest BCUT2D eigenvalue weighted by atomic mass is 16.6. The summed E-state index contributed by atoms with van der Waals surface area (Å²) >= 11 is 0. The van der Waals surface area contributed by atoms with Crippen molar-refractivity contribution < 1.29 is 24.0 Å². The lowest BCUT2D eigenvalue weighted by molar-refractivity contribution is -0.542. The van der Waals surface area contributed by atoms with Crippen molar-refractivity contribution in [2.24, 2.45) is 0 Å². The summed E-state index contributed by atoms with van der Waals surface area (Å²) in [4.78, 5) is 21.4. The molecule has 2 N–H and O–H groups in total. The molecule has 0 saturated heterocycles. The van der Waals surface area contributed by atoms with E-state index in [4.69, 9.17) is 9.84 Å². The van der Waals surface area contributed by atoms with Crippen LogP contribution in [0.2, 0.25) is 0 Å². The molecule has 0 aromatic carbocycles. The SMILES string of the molecule is O=C(O)C(=O)OC1CNC2=[N+](CCCCC2)C1. The molecule has 0 aromatic heterocycles. The van der Waals surface area contributed by atoms with Gasteiger partial charge in [0, 0.05) is 6.42 Å². The van der Waals surface area contributed by atoms with Gasteiger partial charge in [-0.3, -0.25) is 9.89 Å². The maximum atomic E-state index is 11.0. The predicted molar refractivity (Wildman–Crippen MR) is 59.0 cm³/mol. The second kappa shape index (κ2) is 5.16. The summed E-state index contributed by atoms with van der Waals surface area (Å²) in [7, 11) is 0. The first-order chi connectivity index (χ1) is 8.16. The van der Waals surface area contributed by atoms with E-state index in [1.54, 1.807) is 0 Å². The Balaban J connectivity index is 1.95. The lowest BCUT2D eigenvalue weighted by Crippen LogP contribution is -2.50. The van der Waals surface area contributed by atoms with E-state index in [2.05, 4.69) is 9.89 Å². The number of carbonyl (C=O) groups excluding carboxylic acids is 1. The van der Waals surface area contributed by atoms with Gasteiger partial charge in [-0.25, -0.2) is 9.59 Å². The van der Waals surface area contributed by atoms with Crippen molar-refractivity contribution in [3.8, 4) is 0 Å². The first-order valence-corrected chi connectivity index (χ1v) is 5.95. The number of carbonyl (C=O) groups is 2. The summed E-state index contributed by atoms with van der Waals surface area (Å²) in [5.74, 6) is -1.50. The van der Waals surface area contributed by atoms with Crippen molar-refractivity contribution in [1.82, 2.24) is 5.32 Å². The van der Waals surface area contributed by atoms with Crippen molar-refractivity contribution in [2.45, 2.75) is 31.8 Å². The molecular weight excluding hydrogens is 224 g/mol. The maximum Gasteiger partial charge on any atom is 0.417 e. The highest BCUT2D eigenvalue weighted by molar-refractivity contribution is 6.28. The van der Waals surface area contributed by atoms with E-state index in [0.29, 0.717) is 13.1 Å². The number of aliphatic carboxylic acids is 1. The van der Waals surface area contributed by atoms with Crippen LogP contribution in [0.15, 0.2) is 0 Å². The zero-order valence-corrected chi connectivity index (χ0v) is 9.65. The summed E-state index contributed by atoms with van der Waals surface area (Å²) < 4.78 is 7.05. The van der Waals surface area contributed by atoms with Crippen LogP contribution in [-0.4, -0.2) is 53.2 Å². The summed E-state index contributed by atoms with van der Waals surface area (Å²) in [6.45, 7) is 2.05. The molecule has 1 unspecified atom stereocenters. The molecule has 6 nitrogen and oxygen atoms in total. The highest BCUT2D eigenvalue weighted by Crippen LogP contribution is 2.10. The monoisotopic (exact) mass is 241 g/mol. The third kappa shape index (κ3) is 2.95. The normalized spacial score (nSPS) is 24.4. The molecule has 0 radical (unpaired) electrons. The fourth-order valence-electron chi connectivity index (χ4n) is 2.29. The Hall–Kier alpha value is -1.59. The van der Waals surface area contributed by atoms with Gasteiger partial charge in [0.05, 0.1) is 6.54 Å². The van der Waals surface area contributed by atoms with E-state index in [-0.39, 0.29) is 6.10 Å². The van der Waals surface area contributed by atoms with E-state index in [9.17, 15) is 9.59 Å². The lowest BCUT2D eigenvalue weighted by Gasteiger charge is -2.22. The average molecular weight is 241 g/mol. The van der Waals surface area contributed by atoms with E-state index < -0.39 is 11.9 Å². The Morgan fingerprint density at radius 3 is 2.94 bits per heavy atom. The quantitative estimate of drug-likeness (QED) is 0.370. The molecule has 0 aliphatic carbocycles. The largest absolute Gasteiger partial charge is 0.473 e. The van der Waals surface area contributed by atoms with Crippen LogP contribution in [0.4, 0.5) is 0 Å². The van der Waals surface area contributed by atoms with Crippen molar-refractivity contribution >= 4 is 17.8 Å². The fourth-order valence-corrected chi connectivity index (χ4v) is 2.29. The molecule has 0 amide bonds. The molecule has 2 aliphatic rings. The molecule has 0 bridgehead atoms. The number of nitrogens with zero attached hydrogens (tertiary/aromatic N) is 1. The molecule has 0 aromatic rings. The number of ether oxygens (including phenoxy) is 1. The second-order valence-corrected chi connectivity index (χ2v) is 4.42. The Kier molecular flexibility index (Phi) is 3.61. The smallest absolute Gasteiger partial charge is 0.417 e. The Labute approximate surface area is 99.3 Å². The summed E-state index contributed by atoms with van der Waals surface area (Å²) in [6, 6.07) is 0. The van der Waals surface area contributed by atoms with Gasteiger partial charge in [0.1, 0.15) is 13.1 Å². The zero-order valence-electron chi connectivity index (χ0n) is 9.65. The number of hydrogen-bond donors (Lipinski definition) is 2. The number of carboxylic acids is 1. The van der Waals surface area contributed by atoms with Crippen molar-refractivity contribution in [3.63, 3.8) is 0 Å². The first kappa shape index (κ1) is 11.9. The number of rotatable bonds is 1. The van der Waals surface area contributed by atoms with Gasteiger partial charge < -0.3 is 9.84 Å². The zero-order chi connectivity index (χ0) is 12.3. The van der Waals surface area contributed by atoms with Gasteiger partial charge >= 0.3 is 11.9 Å². The molecule has 2 aliphatic heterocycles. The van der Waals surface area contributed by atoms with Crippen molar-refractivity contribution in [2.75, 3.05) is 19.6 Å². The number of nitrogens with one attached hydrogen (secondary N) is 1. The average Bonchev–Trinajstić information content (AvgIpc) is 2.53. The minimum Gasteiger partial charge on any atom is -0.473 e. The number of amidine groups is 1. The van der Waals surface area contributed by atoms with Crippen LogP contribution in [0.3, 0.4) is 0 Å². The maximum absolute atomic E-state index is 11.0. The molecule has 0 saturated carbocycles. The molecule has 6 heteroatoms.